The third-order valence-corrected chi connectivity index (χ3v) is 3.28. The second-order valence-corrected chi connectivity index (χ2v) is 4.62. The van der Waals surface area contributed by atoms with Gasteiger partial charge in [-0.15, -0.1) is 0 Å². The first kappa shape index (κ1) is 14.1. The lowest BCUT2D eigenvalue weighted by atomic mass is 10.1. The molecule has 0 bridgehead atoms. The van der Waals surface area contributed by atoms with Crippen molar-refractivity contribution in [1.82, 2.24) is 0 Å². The smallest absolute Gasteiger partial charge is 0.258 e. The van der Waals surface area contributed by atoms with Crippen molar-refractivity contribution in [3.05, 3.63) is 59.4 Å². The summed E-state index contributed by atoms with van der Waals surface area (Å²) in [6, 6.07) is 11.7. The molecule has 104 valence electrons. The van der Waals surface area contributed by atoms with E-state index in [0.717, 1.165) is 12.1 Å². The summed E-state index contributed by atoms with van der Waals surface area (Å²) in [5, 5.41) is 0. The highest BCUT2D eigenvalue weighted by molar-refractivity contribution is 6.06. The lowest BCUT2D eigenvalue weighted by Gasteiger charge is -2.18. The number of nitrogens with zero attached hydrogens (tertiary/aromatic N) is 1. The van der Waals surface area contributed by atoms with Crippen LogP contribution in [0.25, 0.3) is 0 Å². The number of nitrogen functional groups attached to an aromatic ring is 1. The van der Waals surface area contributed by atoms with Gasteiger partial charge in [0.2, 0.25) is 0 Å². The van der Waals surface area contributed by atoms with Crippen LogP contribution in [0.5, 0.6) is 0 Å². The molecule has 0 radical (unpaired) electrons. The maximum absolute atomic E-state index is 13.1. The van der Waals surface area contributed by atoms with Gasteiger partial charge in [-0.25, -0.2) is 4.39 Å². The van der Waals surface area contributed by atoms with Gasteiger partial charge < -0.3 is 10.6 Å². The van der Waals surface area contributed by atoms with Gasteiger partial charge in [0.05, 0.1) is 5.69 Å². The SMILES string of the molecule is CCc1ccc(N(C)C(=O)c2ccc(F)c(N)c2)cc1. The molecule has 2 aromatic carbocycles. The van der Waals surface area contributed by atoms with Crippen LogP contribution in [0.1, 0.15) is 22.8 Å². The Hall–Kier alpha value is -2.36. The number of anilines is 2. The molecule has 0 unspecified atom stereocenters. The molecule has 0 aliphatic heterocycles. The van der Waals surface area contributed by atoms with Crippen LogP contribution in [0, 0.1) is 5.82 Å². The number of amides is 1. The molecule has 1 amide bonds. The van der Waals surface area contributed by atoms with E-state index in [2.05, 4.69) is 6.92 Å². The minimum absolute atomic E-state index is 0.0226. The van der Waals surface area contributed by atoms with E-state index in [-0.39, 0.29) is 11.6 Å². The topological polar surface area (TPSA) is 46.3 Å². The van der Waals surface area contributed by atoms with Gasteiger partial charge in [0, 0.05) is 18.3 Å². The number of carbonyl (C=O) groups is 1. The summed E-state index contributed by atoms with van der Waals surface area (Å²) in [5.74, 6) is -0.738. The second-order valence-electron chi connectivity index (χ2n) is 4.62. The Morgan fingerprint density at radius 3 is 2.40 bits per heavy atom. The Morgan fingerprint density at radius 1 is 1.20 bits per heavy atom. The summed E-state index contributed by atoms with van der Waals surface area (Å²) in [7, 11) is 1.68. The number of hydrogen-bond donors (Lipinski definition) is 1. The molecule has 0 aliphatic rings. The lowest BCUT2D eigenvalue weighted by molar-refractivity contribution is 0.0993. The number of nitrogens with two attached hydrogens (primary N) is 1. The highest BCUT2D eigenvalue weighted by Crippen LogP contribution is 2.19. The molecule has 0 aliphatic carbocycles. The summed E-state index contributed by atoms with van der Waals surface area (Å²) in [6.07, 6.45) is 0.951. The second kappa shape index (κ2) is 5.74. The third-order valence-electron chi connectivity index (χ3n) is 3.28. The number of carbonyl (C=O) groups excluding carboxylic acids is 1. The zero-order valence-electron chi connectivity index (χ0n) is 11.6. The fraction of sp³-hybridized carbons (Fsp3) is 0.188. The minimum Gasteiger partial charge on any atom is -0.396 e. The highest BCUT2D eigenvalue weighted by Gasteiger charge is 2.14. The van der Waals surface area contributed by atoms with Crippen molar-refractivity contribution < 1.29 is 9.18 Å². The minimum atomic E-state index is -0.517. The van der Waals surface area contributed by atoms with Crippen molar-refractivity contribution in [1.29, 1.82) is 0 Å². The Morgan fingerprint density at radius 2 is 1.85 bits per heavy atom. The quantitative estimate of drug-likeness (QED) is 0.872. The molecule has 0 saturated heterocycles. The van der Waals surface area contributed by atoms with Gasteiger partial charge >= 0.3 is 0 Å². The Labute approximate surface area is 117 Å². The van der Waals surface area contributed by atoms with Crippen LogP contribution in [0.2, 0.25) is 0 Å². The molecule has 0 spiro atoms. The van der Waals surface area contributed by atoms with Crippen LogP contribution < -0.4 is 10.6 Å². The van der Waals surface area contributed by atoms with Crippen molar-refractivity contribution in [2.75, 3.05) is 17.7 Å². The summed E-state index contributed by atoms with van der Waals surface area (Å²) in [4.78, 5) is 13.8. The Balaban J connectivity index is 2.24. The Bertz CT molecular complexity index is 623. The lowest BCUT2D eigenvalue weighted by Crippen LogP contribution is -2.26. The molecular formula is C16H17FN2O. The Kier molecular flexibility index (Phi) is 4.03. The van der Waals surface area contributed by atoms with Gasteiger partial charge in [-0.2, -0.15) is 0 Å². The molecule has 2 aromatic rings. The van der Waals surface area contributed by atoms with Crippen LogP contribution in [0.3, 0.4) is 0 Å². The third kappa shape index (κ3) is 2.79. The molecule has 20 heavy (non-hydrogen) atoms. The van der Waals surface area contributed by atoms with E-state index in [4.69, 9.17) is 5.73 Å². The molecule has 2 rings (SSSR count). The van der Waals surface area contributed by atoms with E-state index in [9.17, 15) is 9.18 Å². The fourth-order valence-corrected chi connectivity index (χ4v) is 1.94. The highest BCUT2D eigenvalue weighted by atomic mass is 19.1. The number of aryl methyl sites for hydroxylation is 1. The maximum Gasteiger partial charge on any atom is 0.258 e. The average Bonchev–Trinajstić information content (AvgIpc) is 2.48. The molecule has 0 heterocycles. The molecule has 0 saturated carbocycles. The molecule has 4 heteroatoms. The van der Waals surface area contributed by atoms with Crippen molar-refractivity contribution in [3.8, 4) is 0 Å². The van der Waals surface area contributed by atoms with E-state index in [1.54, 1.807) is 7.05 Å². The molecule has 0 aromatic heterocycles. The van der Waals surface area contributed by atoms with Crippen LogP contribution in [-0.2, 0) is 6.42 Å². The predicted molar refractivity (Wildman–Crippen MR) is 79.4 cm³/mol. The predicted octanol–water partition coefficient (Wildman–Crippen LogP) is 3.25. The largest absolute Gasteiger partial charge is 0.396 e. The average molecular weight is 272 g/mol. The zero-order valence-corrected chi connectivity index (χ0v) is 11.6. The van der Waals surface area contributed by atoms with Crippen LogP contribution in [0.15, 0.2) is 42.5 Å². The first-order valence-electron chi connectivity index (χ1n) is 6.45. The zero-order chi connectivity index (χ0) is 14.7. The molecule has 0 fully saturated rings. The van der Waals surface area contributed by atoms with Crippen molar-refractivity contribution in [3.63, 3.8) is 0 Å². The van der Waals surface area contributed by atoms with E-state index >= 15 is 0 Å². The van der Waals surface area contributed by atoms with Crippen molar-refractivity contribution in [2.45, 2.75) is 13.3 Å². The maximum atomic E-state index is 13.1. The number of benzene rings is 2. The summed E-state index contributed by atoms with van der Waals surface area (Å²) in [6.45, 7) is 2.07. The number of halogens is 1. The van der Waals surface area contributed by atoms with Crippen LogP contribution in [-0.4, -0.2) is 13.0 Å². The van der Waals surface area contributed by atoms with E-state index in [1.807, 2.05) is 24.3 Å². The fourth-order valence-electron chi connectivity index (χ4n) is 1.94. The van der Waals surface area contributed by atoms with E-state index in [0.29, 0.717) is 5.56 Å². The molecule has 3 nitrogen and oxygen atoms in total. The van der Waals surface area contributed by atoms with Gasteiger partial charge in [0.1, 0.15) is 5.82 Å². The summed E-state index contributed by atoms with van der Waals surface area (Å²) >= 11 is 0. The van der Waals surface area contributed by atoms with E-state index < -0.39 is 5.82 Å². The number of hydrogen-bond acceptors (Lipinski definition) is 2. The van der Waals surface area contributed by atoms with Gasteiger partial charge in [-0.1, -0.05) is 19.1 Å². The first-order chi connectivity index (χ1) is 9.52. The van der Waals surface area contributed by atoms with Gasteiger partial charge in [-0.05, 0) is 42.3 Å². The van der Waals surface area contributed by atoms with Crippen LogP contribution in [0.4, 0.5) is 15.8 Å². The van der Waals surface area contributed by atoms with Crippen molar-refractivity contribution in [2.24, 2.45) is 0 Å². The summed E-state index contributed by atoms with van der Waals surface area (Å²) in [5.41, 5.74) is 7.83. The van der Waals surface area contributed by atoms with Gasteiger partial charge in [0.25, 0.3) is 5.91 Å². The standard InChI is InChI=1S/C16H17FN2O/c1-3-11-4-7-13(8-5-11)19(2)16(20)12-6-9-14(17)15(18)10-12/h4-10H,3,18H2,1-2H3. The number of rotatable bonds is 3. The molecule has 0 atom stereocenters. The summed E-state index contributed by atoms with van der Waals surface area (Å²) < 4.78 is 13.1. The normalized spacial score (nSPS) is 10.3. The van der Waals surface area contributed by atoms with E-state index in [1.165, 1.54) is 28.7 Å². The molecular weight excluding hydrogens is 255 g/mol. The first-order valence-corrected chi connectivity index (χ1v) is 6.45. The van der Waals surface area contributed by atoms with Crippen LogP contribution >= 0.6 is 0 Å². The van der Waals surface area contributed by atoms with Gasteiger partial charge in [0.15, 0.2) is 0 Å². The van der Waals surface area contributed by atoms with Crippen molar-refractivity contribution >= 4 is 17.3 Å². The van der Waals surface area contributed by atoms with Gasteiger partial charge in [-0.3, -0.25) is 4.79 Å². The molecule has 2 N–H and O–H groups in total. The monoisotopic (exact) mass is 272 g/mol.